The van der Waals surface area contributed by atoms with Crippen molar-refractivity contribution >= 4 is 17.7 Å². The summed E-state index contributed by atoms with van der Waals surface area (Å²) >= 11 is 0. The van der Waals surface area contributed by atoms with Crippen LogP contribution in [0.1, 0.15) is 36.0 Å². The second-order valence-electron chi connectivity index (χ2n) is 8.04. The Bertz CT molecular complexity index is 712. The maximum absolute atomic E-state index is 12.8. The number of ether oxygens (including phenoxy) is 1. The molecule has 2 N–H and O–H groups in total. The maximum atomic E-state index is 12.8. The number of nitrogens with zero attached hydrogens (tertiary/aromatic N) is 3. The fraction of sp³-hybridized carbons (Fsp3) is 0.650. The summed E-state index contributed by atoms with van der Waals surface area (Å²) in [5, 5.41) is 12.3. The molecule has 0 unspecified atom stereocenters. The Morgan fingerprint density at radius 1 is 1.29 bits per heavy atom. The Morgan fingerprint density at radius 2 is 2.04 bits per heavy atom. The summed E-state index contributed by atoms with van der Waals surface area (Å²) in [5.41, 5.74) is 0.591. The zero-order chi connectivity index (χ0) is 19.5. The van der Waals surface area contributed by atoms with Crippen LogP contribution >= 0.6 is 0 Å². The molecule has 2 saturated carbocycles. The third-order valence-electron chi connectivity index (χ3n) is 5.83. The smallest absolute Gasteiger partial charge is 0.317 e. The quantitative estimate of drug-likeness (QED) is 0.685. The molecular formula is C20H28N4O4. The van der Waals surface area contributed by atoms with Gasteiger partial charge in [-0.05, 0) is 43.7 Å². The van der Waals surface area contributed by atoms with Crippen molar-refractivity contribution in [2.45, 2.75) is 37.8 Å². The molecule has 8 heteroatoms. The van der Waals surface area contributed by atoms with Gasteiger partial charge in [0.25, 0.3) is 5.91 Å². The molecular weight excluding hydrogens is 360 g/mol. The van der Waals surface area contributed by atoms with Crippen molar-refractivity contribution in [2.24, 2.45) is 5.92 Å². The Balaban J connectivity index is 1.33. The van der Waals surface area contributed by atoms with Gasteiger partial charge in [-0.25, -0.2) is 4.98 Å². The molecule has 1 saturated heterocycles. The number of hydrogen-bond acceptors (Lipinski definition) is 6. The summed E-state index contributed by atoms with van der Waals surface area (Å²) in [7, 11) is 0. The van der Waals surface area contributed by atoms with Gasteiger partial charge in [0.05, 0.1) is 25.3 Å². The van der Waals surface area contributed by atoms with Crippen LogP contribution in [0.5, 0.6) is 0 Å². The number of carboxylic acids is 1. The topological polar surface area (TPSA) is 95.0 Å². The maximum Gasteiger partial charge on any atom is 0.317 e. The molecule has 2 heterocycles. The van der Waals surface area contributed by atoms with Gasteiger partial charge in [-0.15, -0.1) is 0 Å². The summed E-state index contributed by atoms with van der Waals surface area (Å²) in [6.45, 7) is 3.69. The summed E-state index contributed by atoms with van der Waals surface area (Å²) in [4.78, 5) is 32.6. The SMILES string of the molecule is O=C(O)CN(CC1CC1)C1CC(NC(=O)c2cccnc2N2CCOCC2)C1. The summed E-state index contributed by atoms with van der Waals surface area (Å²) in [6, 6.07) is 3.93. The van der Waals surface area contributed by atoms with Crippen LogP contribution in [-0.4, -0.2) is 78.3 Å². The van der Waals surface area contributed by atoms with Gasteiger partial charge in [-0.2, -0.15) is 0 Å². The Morgan fingerprint density at radius 3 is 2.71 bits per heavy atom. The van der Waals surface area contributed by atoms with Gasteiger partial charge < -0.3 is 20.1 Å². The van der Waals surface area contributed by atoms with Crippen molar-refractivity contribution in [1.82, 2.24) is 15.2 Å². The first-order chi connectivity index (χ1) is 13.6. The van der Waals surface area contributed by atoms with Crippen LogP contribution in [0, 0.1) is 5.92 Å². The van der Waals surface area contributed by atoms with Gasteiger partial charge in [0, 0.05) is 37.9 Å². The molecule has 0 spiro atoms. The van der Waals surface area contributed by atoms with Crippen molar-refractivity contribution in [3.8, 4) is 0 Å². The van der Waals surface area contributed by atoms with Crippen LogP contribution in [0.15, 0.2) is 18.3 Å². The average molecular weight is 388 g/mol. The number of anilines is 1. The fourth-order valence-electron chi connectivity index (χ4n) is 4.02. The van der Waals surface area contributed by atoms with E-state index in [1.54, 1.807) is 12.3 Å². The monoisotopic (exact) mass is 388 g/mol. The molecule has 28 heavy (non-hydrogen) atoms. The lowest BCUT2D eigenvalue weighted by Crippen LogP contribution is -2.55. The molecule has 1 amide bonds. The van der Waals surface area contributed by atoms with Gasteiger partial charge in [-0.1, -0.05) is 0 Å². The van der Waals surface area contributed by atoms with Crippen molar-refractivity contribution in [3.05, 3.63) is 23.9 Å². The third kappa shape index (κ3) is 4.62. The molecule has 152 valence electrons. The highest BCUT2D eigenvalue weighted by Crippen LogP contribution is 2.34. The van der Waals surface area contributed by atoms with E-state index >= 15 is 0 Å². The van der Waals surface area contributed by atoms with Gasteiger partial charge in [0.1, 0.15) is 5.82 Å². The lowest BCUT2D eigenvalue weighted by atomic mass is 9.85. The van der Waals surface area contributed by atoms with Crippen LogP contribution in [0.4, 0.5) is 5.82 Å². The summed E-state index contributed by atoms with van der Waals surface area (Å²) in [5.74, 6) is 0.476. The molecule has 0 bridgehead atoms. The first kappa shape index (κ1) is 19.1. The first-order valence-electron chi connectivity index (χ1n) is 10.1. The first-order valence-corrected chi connectivity index (χ1v) is 10.1. The van der Waals surface area contributed by atoms with E-state index in [9.17, 15) is 9.59 Å². The number of aromatic nitrogens is 1. The largest absolute Gasteiger partial charge is 0.480 e. The van der Waals surface area contributed by atoms with Gasteiger partial charge in [0.15, 0.2) is 0 Å². The lowest BCUT2D eigenvalue weighted by Gasteiger charge is -2.42. The number of rotatable bonds is 8. The van der Waals surface area contributed by atoms with E-state index in [0.29, 0.717) is 30.5 Å². The van der Waals surface area contributed by atoms with Gasteiger partial charge >= 0.3 is 5.97 Å². The van der Waals surface area contributed by atoms with Crippen LogP contribution < -0.4 is 10.2 Å². The number of amides is 1. The molecule has 1 aromatic rings. The number of pyridine rings is 1. The molecule has 1 aliphatic heterocycles. The standard InChI is InChI=1S/C20H28N4O4/c25-18(26)13-24(12-14-3-4-14)16-10-15(11-16)22-20(27)17-2-1-5-21-19(17)23-6-8-28-9-7-23/h1-2,5,14-16H,3-4,6-13H2,(H,22,27)(H,25,26). The number of carboxylic acid groups (broad SMARTS) is 1. The van der Waals surface area contributed by atoms with Crippen LogP contribution in [0.25, 0.3) is 0 Å². The number of carbonyl (C=O) groups is 2. The zero-order valence-electron chi connectivity index (χ0n) is 16.0. The minimum Gasteiger partial charge on any atom is -0.480 e. The Hall–Kier alpha value is -2.19. The van der Waals surface area contributed by atoms with Crippen LogP contribution in [0.2, 0.25) is 0 Å². The highest BCUT2D eigenvalue weighted by Gasteiger charge is 2.38. The van der Waals surface area contributed by atoms with E-state index in [2.05, 4.69) is 20.1 Å². The predicted octanol–water partition coefficient (Wildman–Crippen LogP) is 0.976. The minimum absolute atomic E-state index is 0.0887. The summed E-state index contributed by atoms with van der Waals surface area (Å²) in [6.07, 6.45) is 5.73. The second-order valence-corrected chi connectivity index (χ2v) is 8.04. The average Bonchev–Trinajstić information content (AvgIpc) is 3.48. The molecule has 3 aliphatic rings. The fourth-order valence-corrected chi connectivity index (χ4v) is 4.02. The lowest BCUT2D eigenvalue weighted by molar-refractivity contribution is -0.139. The zero-order valence-corrected chi connectivity index (χ0v) is 16.0. The molecule has 0 atom stereocenters. The van der Waals surface area contributed by atoms with Crippen LogP contribution in [-0.2, 0) is 9.53 Å². The number of carbonyl (C=O) groups excluding carboxylic acids is 1. The van der Waals surface area contributed by atoms with Crippen LogP contribution in [0.3, 0.4) is 0 Å². The molecule has 1 aromatic heterocycles. The van der Waals surface area contributed by atoms with E-state index in [0.717, 1.165) is 32.5 Å². The second kappa shape index (κ2) is 8.45. The van der Waals surface area contributed by atoms with Crippen molar-refractivity contribution in [1.29, 1.82) is 0 Å². The van der Waals surface area contributed by atoms with Gasteiger partial charge in [-0.3, -0.25) is 14.5 Å². The Kier molecular flexibility index (Phi) is 5.77. The molecule has 4 rings (SSSR count). The number of morpholine rings is 1. The van der Waals surface area contributed by atoms with Crippen molar-refractivity contribution < 1.29 is 19.4 Å². The number of aliphatic carboxylic acids is 1. The van der Waals surface area contributed by atoms with E-state index < -0.39 is 5.97 Å². The number of nitrogens with one attached hydrogen (secondary N) is 1. The Labute approximate surface area is 164 Å². The highest BCUT2D eigenvalue weighted by atomic mass is 16.5. The molecule has 0 aromatic carbocycles. The molecule has 2 aliphatic carbocycles. The van der Waals surface area contributed by atoms with Crippen molar-refractivity contribution in [3.63, 3.8) is 0 Å². The van der Waals surface area contributed by atoms with E-state index in [1.165, 1.54) is 12.8 Å². The van der Waals surface area contributed by atoms with E-state index in [1.807, 2.05) is 6.07 Å². The van der Waals surface area contributed by atoms with E-state index in [4.69, 9.17) is 9.84 Å². The number of hydrogen-bond donors (Lipinski definition) is 2. The highest BCUT2D eigenvalue weighted by molar-refractivity contribution is 5.99. The normalized spacial score (nSPS) is 24.7. The summed E-state index contributed by atoms with van der Waals surface area (Å²) < 4.78 is 5.39. The van der Waals surface area contributed by atoms with Gasteiger partial charge in [0.2, 0.25) is 0 Å². The third-order valence-corrected chi connectivity index (χ3v) is 5.83. The van der Waals surface area contributed by atoms with Crippen molar-refractivity contribution in [2.75, 3.05) is 44.3 Å². The minimum atomic E-state index is -0.779. The molecule has 3 fully saturated rings. The molecule has 8 nitrogen and oxygen atoms in total. The van der Waals surface area contributed by atoms with E-state index in [-0.39, 0.29) is 24.5 Å². The molecule has 0 radical (unpaired) electrons. The predicted molar refractivity (Wildman–Crippen MR) is 103 cm³/mol.